The largest absolute Gasteiger partial charge is 0.419 e. The fourth-order valence-electron chi connectivity index (χ4n) is 4.25. The molecule has 196 valence electrons. The number of aryl methyl sites for hydroxylation is 1. The maximum Gasteiger partial charge on any atom is 0.419 e. The highest BCUT2D eigenvalue weighted by Crippen LogP contribution is 2.24. The van der Waals surface area contributed by atoms with Crippen LogP contribution in [0.1, 0.15) is 26.3 Å². The Morgan fingerprint density at radius 1 is 1.27 bits per heavy atom. The molecule has 1 aliphatic rings. The first-order valence-electron chi connectivity index (χ1n) is 12.5. The zero-order valence-electron chi connectivity index (χ0n) is 21.7. The van der Waals surface area contributed by atoms with Crippen LogP contribution in [0.5, 0.6) is 0 Å². The van der Waals surface area contributed by atoms with Crippen LogP contribution in [-0.2, 0) is 27.7 Å². The maximum atomic E-state index is 12.9. The molecule has 2 aromatic carbocycles. The molecule has 9 heteroatoms. The number of carbonyl (C=O) groups is 1. The molecule has 1 amide bonds. The quantitative estimate of drug-likeness (QED) is 0.482. The second kappa shape index (κ2) is 11.3. The van der Waals surface area contributed by atoms with E-state index in [9.17, 15) is 14.9 Å². The van der Waals surface area contributed by atoms with E-state index in [1.54, 1.807) is 13.1 Å². The van der Waals surface area contributed by atoms with Gasteiger partial charge >= 0.3 is 5.76 Å². The van der Waals surface area contributed by atoms with Crippen LogP contribution >= 0.6 is 0 Å². The van der Waals surface area contributed by atoms with E-state index in [-0.39, 0.29) is 5.91 Å². The van der Waals surface area contributed by atoms with E-state index in [4.69, 9.17) is 13.9 Å². The first-order chi connectivity index (χ1) is 17.7. The van der Waals surface area contributed by atoms with Crippen LogP contribution in [0.2, 0.25) is 0 Å². The number of nitriles is 1. The summed E-state index contributed by atoms with van der Waals surface area (Å²) in [6.45, 7) is 7.99. The molecule has 4 rings (SSSR count). The summed E-state index contributed by atoms with van der Waals surface area (Å²) in [5.74, 6) is -0.312. The van der Waals surface area contributed by atoms with Gasteiger partial charge in [-0.1, -0.05) is 44.2 Å². The summed E-state index contributed by atoms with van der Waals surface area (Å²) in [6.07, 6.45) is -0.329. The van der Waals surface area contributed by atoms with Crippen molar-refractivity contribution in [3.8, 4) is 17.2 Å². The Kier molecular flexibility index (Phi) is 8.13. The molecule has 37 heavy (non-hydrogen) atoms. The summed E-state index contributed by atoms with van der Waals surface area (Å²) < 4.78 is 18.5. The third kappa shape index (κ3) is 6.46. The Bertz CT molecular complexity index is 1340. The highest BCUT2D eigenvalue weighted by atomic mass is 16.6. The Hall–Kier alpha value is -3.45. The molecule has 1 aliphatic heterocycles. The number of ether oxygens (including phenoxy) is 2. The summed E-state index contributed by atoms with van der Waals surface area (Å²) in [6, 6.07) is 14.9. The van der Waals surface area contributed by atoms with Crippen molar-refractivity contribution in [3.05, 3.63) is 58.6 Å². The smallest absolute Gasteiger partial charge is 0.408 e. The lowest BCUT2D eigenvalue weighted by Crippen LogP contribution is -2.46. The van der Waals surface area contributed by atoms with Gasteiger partial charge in [0.25, 0.3) is 5.91 Å². The first-order valence-corrected chi connectivity index (χ1v) is 12.5. The van der Waals surface area contributed by atoms with Crippen molar-refractivity contribution < 1.29 is 18.7 Å². The van der Waals surface area contributed by atoms with Gasteiger partial charge in [-0.15, -0.1) is 0 Å². The van der Waals surface area contributed by atoms with E-state index < -0.39 is 23.5 Å². The topological polar surface area (TPSA) is 119 Å². The van der Waals surface area contributed by atoms with Gasteiger partial charge in [0.05, 0.1) is 18.2 Å². The standard InChI is InChI=1S/C28H34N4O5/c1-18(2)15-36-28(3)16-30-14-25(35-17-28)26(33)31-22(13-29)11-19-5-7-20(8-6-19)21-9-10-24-23(12-21)32(4)27(34)37-24/h5-10,12,18,22,25,30H,11,14-17H2,1-4H3,(H,31,33)/t22-,25?,28?/m0/s1. The minimum atomic E-state index is -0.698. The van der Waals surface area contributed by atoms with Crippen LogP contribution in [0.3, 0.4) is 0 Å². The molecule has 3 aromatic rings. The SMILES string of the molecule is CC(C)COC1(C)CNCC(C(=O)N[C@H](C#N)Cc2ccc(-c3ccc4oc(=O)n(C)c4c3)cc2)OC1. The van der Waals surface area contributed by atoms with E-state index in [0.29, 0.717) is 44.2 Å². The highest BCUT2D eigenvalue weighted by molar-refractivity contribution is 5.82. The fourth-order valence-corrected chi connectivity index (χ4v) is 4.25. The number of hydrogen-bond acceptors (Lipinski definition) is 7. The number of fused-ring (bicyclic) bond motifs is 1. The lowest BCUT2D eigenvalue weighted by molar-refractivity contribution is -0.138. The van der Waals surface area contributed by atoms with Crippen LogP contribution in [0.25, 0.3) is 22.2 Å². The zero-order chi connectivity index (χ0) is 26.6. The van der Waals surface area contributed by atoms with E-state index in [0.717, 1.165) is 22.2 Å². The molecule has 1 aromatic heterocycles. The van der Waals surface area contributed by atoms with Gasteiger partial charge in [-0.05, 0) is 41.7 Å². The number of nitrogens with zero attached hydrogens (tertiary/aromatic N) is 2. The van der Waals surface area contributed by atoms with Gasteiger partial charge in [-0.3, -0.25) is 9.36 Å². The Morgan fingerprint density at radius 3 is 2.70 bits per heavy atom. The molecule has 3 atom stereocenters. The molecular formula is C28H34N4O5. The summed E-state index contributed by atoms with van der Waals surface area (Å²) in [5.41, 5.74) is 3.59. The molecule has 9 nitrogen and oxygen atoms in total. The third-order valence-corrected chi connectivity index (χ3v) is 6.47. The Morgan fingerprint density at radius 2 is 2.00 bits per heavy atom. The minimum absolute atomic E-state index is 0.294. The van der Waals surface area contributed by atoms with E-state index in [1.165, 1.54) is 4.57 Å². The summed E-state index contributed by atoms with van der Waals surface area (Å²) in [5, 5.41) is 15.7. The first kappa shape index (κ1) is 26.6. The molecule has 0 radical (unpaired) electrons. The third-order valence-electron chi connectivity index (χ3n) is 6.47. The minimum Gasteiger partial charge on any atom is -0.408 e. The maximum absolute atomic E-state index is 12.9. The van der Waals surface area contributed by atoms with E-state index in [1.807, 2.05) is 43.3 Å². The van der Waals surface area contributed by atoms with Crippen LogP contribution < -0.4 is 16.4 Å². The van der Waals surface area contributed by atoms with Gasteiger partial charge in [0.2, 0.25) is 0 Å². The average Bonchev–Trinajstić information content (AvgIpc) is 3.03. The normalized spacial score (nSPS) is 20.9. The second-order valence-electron chi connectivity index (χ2n) is 10.3. The van der Waals surface area contributed by atoms with Crippen molar-refractivity contribution in [2.75, 3.05) is 26.3 Å². The molecule has 1 fully saturated rings. The molecule has 2 heterocycles. The number of carbonyl (C=O) groups excluding carboxylic acids is 1. The number of amides is 1. The number of nitrogens with one attached hydrogen (secondary N) is 2. The van der Waals surface area contributed by atoms with E-state index in [2.05, 4.69) is 30.6 Å². The Labute approximate surface area is 216 Å². The van der Waals surface area contributed by atoms with Gasteiger partial charge < -0.3 is 24.5 Å². The summed E-state index contributed by atoms with van der Waals surface area (Å²) >= 11 is 0. The average molecular weight is 507 g/mol. The van der Waals surface area contributed by atoms with E-state index >= 15 is 0 Å². The lowest BCUT2D eigenvalue weighted by atomic mass is 10.0. The number of aromatic nitrogens is 1. The van der Waals surface area contributed by atoms with Crippen LogP contribution in [0.4, 0.5) is 0 Å². The van der Waals surface area contributed by atoms with Gasteiger partial charge in [0.1, 0.15) is 17.7 Å². The molecule has 0 aliphatic carbocycles. The molecule has 1 saturated heterocycles. The molecule has 0 bridgehead atoms. The summed E-state index contributed by atoms with van der Waals surface area (Å²) in [7, 11) is 1.67. The van der Waals surface area contributed by atoms with Crippen LogP contribution in [-0.4, -0.2) is 54.5 Å². The van der Waals surface area contributed by atoms with Crippen molar-refractivity contribution in [2.24, 2.45) is 13.0 Å². The molecule has 2 N–H and O–H groups in total. The molecule has 0 saturated carbocycles. The van der Waals surface area contributed by atoms with Crippen LogP contribution in [0.15, 0.2) is 51.7 Å². The van der Waals surface area contributed by atoms with Gasteiger partial charge in [-0.25, -0.2) is 4.79 Å². The Balaban J connectivity index is 1.35. The van der Waals surface area contributed by atoms with Crippen molar-refractivity contribution in [2.45, 2.75) is 44.9 Å². The predicted molar refractivity (Wildman–Crippen MR) is 140 cm³/mol. The molecular weight excluding hydrogens is 472 g/mol. The number of oxazole rings is 1. The van der Waals surface area contributed by atoms with Gasteiger partial charge in [0, 0.05) is 33.2 Å². The number of rotatable bonds is 8. The van der Waals surface area contributed by atoms with Crippen molar-refractivity contribution in [1.82, 2.24) is 15.2 Å². The van der Waals surface area contributed by atoms with Crippen molar-refractivity contribution in [1.29, 1.82) is 5.26 Å². The lowest BCUT2D eigenvalue weighted by Gasteiger charge is -2.29. The second-order valence-corrected chi connectivity index (χ2v) is 10.3. The van der Waals surface area contributed by atoms with Gasteiger partial charge in [0.15, 0.2) is 5.58 Å². The monoisotopic (exact) mass is 506 g/mol. The van der Waals surface area contributed by atoms with Crippen molar-refractivity contribution in [3.63, 3.8) is 0 Å². The predicted octanol–water partition coefficient (Wildman–Crippen LogP) is 2.77. The fraction of sp³-hybridized carbons (Fsp3) is 0.464. The van der Waals surface area contributed by atoms with Crippen molar-refractivity contribution >= 4 is 17.0 Å². The van der Waals surface area contributed by atoms with Crippen LogP contribution in [0, 0.1) is 17.2 Å². The molecule has 2 unspecified atom stereocenters. The van der Waals surface area contributed by atoms with Gasteiger partial charge in [-0.2, -0.15) is 5.26 Å². The number of hydrogen-bond donors (Lipinski definition) is 2. The zero-order valence-corrected chi connectivity index (χ0v) is 21.7. The summed E-state index contributed by atoms with van der Waals surface area (Å²) in [4.78, 5) is 24.6. The molecule has 0 spiro atoms. The highest BCUT2D eigenvalue weighted by Gasteiger charge is 2.33. The number of benzene rings is 2.